The molecule has 10 heteroatoms. The van der Waals surface area contributed by atoms with Gasteiger partial charge in [-0.25, -0.2) is 0 Å². The predicted octanol–water partition coefficient (Wildman–Crippen LogP) is 0.796. The summed E-state index contributed by atoms with van der Waals surface area (Å²) in [6.07, 6.45) is 0. The molecule has 0 bridgehead atoms. The van der Waals surface area contributed by atoms with Gasteiger partial charge in [0.1, 0.15) is 13.2 Å². The largest absolute Gasteiger partial charge is 0.460 e. The average Bonchev–Trinajstić information content (AvgIpc) is 2.36. The molecular formula is C14H31N4O4S2+. The number of hydrogen-bond donors (Lipinski definition) is 2. The molecule has 0 saturated carbocycles. The molecule has 0 atom stereocenters. The lowest BCUT2D eigenvalue weighted by molar-refractivity contribution is -0.870. The summed E-state index contributed by atoms with van der Waals surface area (Å²) in [5.41, 5.74) is 10.0. The minimum absolute atomic E-state index is 0.116. The number of amides is 2. The van der Waals surface area contributed by atoms with Gasteiger partial charge in [-0.2, -0.15) is 0 Å². The second-order valence-electron chi connectivity index (χ2n) is 6.23. The van der Waals surface area contributed by atoms with E-state index in [0.717, 1.165) is 34.6 Å². The second-order valence-corrected chi connectivity index (χ2v) is 8.28. The zero-order valence-electron chi connectivity index (χ0n) is 15.4. The zero-order chi connectivity index (χ0) is 19.3. The highest BCUT2D eigenvalue weighted by Crippen LogP contribution is 2.12. The molecule has 0 aromatic carbocycles. The first-order chi connectivity index (χ1) is 10.8. The van der Waals surface area contributed by atoms with Gasteiger partial charge in [0, 0.05) is 24.5 Å². The molecule has 0 aliphatic heterocycles. The Bertz CT molecular complexity index is 383. The Labute approximate surface area is 153 Å². The lowest BCUT2D eigenvalue weighted by Crippen LogP contribution is -2.37. The number of likely N-dealkylation sites (N-methyl/N-ethyl adjacent to an activating group) is 1. The monoisotopic (exact) mass is 383 g/mol. The minimum Gasteiger partial charge on any atom is -0.460 e. The molecule has 0 aliphatic carbocycles. The van der Waals surface area contributed by atoms with Gasteiger partial charge in [-0.15, -0.1) is 0 Å². The van der Waals surface area contributed by atoms with Gasteiger partial charge in [-0.1, -0.05) is 23.5 Å². The Balaban J connectivity index is 0. The number of quaternary nitrogens is 1. The van der Waals surface area contributed by atoms with Gasteiger partial charge in [0.2, 0.25) is 0 Å². The van der Waals surface area contributed by atoms with E-state index < -0.39 is 10.5 Å². The van der Waals surface area contributed by atoms with Crippen LogP contribution in [0.1, 0.15) is 6.92 Å². The molecule has 0 aliphatic rings. The normalized spacial score (nSPS) is 11.0. The summed E-state index contributed by atoms with van der Waals surface area (Å²) >= 11 is 2.10. The lowest BCUT2D eigenvalue weighted by Gasteiger charge is -2.23. The van der Waals surface area contributed by atoms with Gasteiger partial charge in [0.25, 0.3) is 10.5 Å². The predicted molar refractivity (Wildman–Crippen MR) is 101 cm³/mol. The van der Waals surface area contributed by atoms with Crippen LogP contribution >= 0.6 is 23.5 Å². The van der Waals surface area contributed by atoms with Crippen LogP contribution in [0.5, 0.6) is 0 Å². The Morgan fingerprint density at radius 1 is 1.04 bits per heavy atom. The van der Waals surface area contributed by atoms with Gasteiger partial charge >= 0.3 is 5.97 Å². The number of nitrogens with two attached hydrogens (primary N) is 2. The Morgan fingerprint density at radius 2 is 1.46 bits per heavy atom. The summed E-state index contributed by atoms with van der Waals surface area (Å²) in [6, 6.07) is 0.116. The average molecular weight is 384 g/mol. The van der Waals surface area contributed by atoms with Gasteiger partial charge < -0.3 is 25.6 Å². The lowest BCUT2D eigenvalue weighted by atomic mass is 10.4. The van der Waals surface area contributed by atoms with Crippen molar-refractivity contribution in [1.82, 2.24) is 4.90 Å². The molecule has 4 N–H and O–H groups in total. The zero-order valence-corrected chi connectivity index (χ0v) is 17.0. The number of hydrogen-bond acceptors (Lipinski definition) is 7. The standard InChI is InChI=1S/C7H15N3O2S2.C7H16NO2/c1-10(2)5(3-13-6(8)11)4-14-7(9)12;1-7(9)10-6-5-8(2,3)4/h5H,3-4H2,1-2H3,(H2,8,11)(H2,9,12);5-6H2,1-4H3/q;+1. The molecule has 0 aromatic rings. The van der Waals surface area contributed by atoms with Crippen molar-refractivity contribution in [2.24, 2.45) is 11.5 Å². The van der Waals surface area contributed by atoms with Crippen molar-refractivity contribution < 1.29 is 23.6 Å². The highest BCUT2D eigenvalue weighted by molar-refractivity contribution is 8.14. The van der Waals surface area contributed by atoms with E-state index in [0.29, 0.717) is 18.1 Å². The van der Waals surface area contributed by atoms with Crippen molar-refractivity contribution in [1.29, 1.82) is 0 Å². The first-order valence-corrected chi connectivity index (χ1v) is 9.27. The maximum Gasteiger partial charge on any atom is 0.302 e. The summed E-state index contributed by atoms with van der Waals surface area (Å²) < 4.78 is 5.59. The van der Waals surface area contributed by atoms with Crippen molar-refractivity contribution in [2.45, 2.75) is 13.0 Å². The maximum absolute atomic E-state index is 10.5. The number of thioether (sulfide) groups is 2. The summed E-state index contributed by atoms with van der Waals surface area (Å²) in [4.78, 5) is 33.3. The van der Waals surface area contributed by atoms with Crippen LogP contribution in [0.2, 0.25) is 0 Å². The molecule has 0 aromatic heterocycles. The molecule has 0 radical (unpaired) electrons. The highest BCUT2D eigenvalue weighted by Gasteiger charge is 2.14. The number of ether oxygens (including phenoxy) is 1. The van der Waals surface area contributed by atoms with Crippen LogP contribution in [-0.2, 0) is 9.53 Å². The Morgan fingerprint density at radius 3 is 1.71 bits per heavy atom. The maximum atomic E-state index is 10.5. The summed E-state index contributed by atoms with van der Waals surface area (Å²) in [6.45, 7) is 2.80. The van der Waals surface area contributed by atoms with Crippen molar-refractivity contribution in [3.05, 3.63) is 0 Å². The second kappa shape index (κ2) is 13.3. The van der Waals surface area contributed by atoms with E-state index in [2.05, 4.69) is 21.1 Å². The van der Waals surface area contributed by atoms with Crippen LogP contribution < -0.4 is 11.5 Å². The van der Waals surface area contributed by atoms with Crippen molar-refractivity contribution in [2.75, 3.05) is 59.9 Å². The van der Waals surface area contributed by atoms with E-state index in [-0.39, 0.29) is 12.0 Å². The van der Waals surface area contributed by atoms with Gasteiger partial charge in [-0.05, 0) is 14.1 Å². The molecule has 0 rings (SSSR count). The van der Waals surface area contributed by atoms with Crippen molar-refractivity contribution in [3.8, 4) is 0 Å². The minimum atomic E-state index is -0.402. The molecule has 24 heavy (non-hydrogen) atoms. The molecule has 8 nitrogen and oxygen atoms in total. The van der Waals surface area contributed by atoms with Crippen molar-refractivity contribution in [3.63, 3.8) is 0 Å². The summed E-state index contributed by atoms with van der Waals surface area (Å²) in [7, 11) is 9.94. The fourth-order valence-corrected chi connectivity index (χ4v) is 2.86. The summed E-state index contributed by atoms with van der Waals surface area (Å²) in [5, 5.41) is -0.804. The van der Waals surface area contributed by atoms with Crippen LogP contribution in [-0.4, -0.2) is 91.8 Å². The fourth-order valence-electron chi connectivity index (χ4n) is 1.17. The smallest absolute Gasteiger partial charge is 0.302 e. The first-order valence-electron chi connectivity index (χ1n) is 7.30. The van der Waals surface area contributed by atoms with E-state index in [9.17, 15) is 14.4 Å². The third-order valence-corrected chi connectivity index (χ3v) is 4.31. The molecular weight excluding hydrogens is 352 g/mol. The van der Waals surface area contributed by atoms with E-state index >= 15 is 0 Å². The summed E-state index contributed by atoms with van der Waals surface area (Å²) in [5.74, 6) is 0.944. The molecule has 0 heterocycles. The van der Waals surface area contributed by atoms with E-state index in [4.69, 9.17) is 16.2 Å². The molecule has 142 valence electrons. The van der Waals surface area contributed by atoms with E-state index in [1.807, 2.05) is 19.0 Å². The SMILES string of the molecule is CC(=O)OCC[N+](C)(C)C.CN(C)C(CSC(N)=O)CSC(N)=O. The quantitative estimate of drug-likeness (QED) is 0.470. The topological polar surface area (TPSA) is 116 Å². The molecule has 0 spiro atoms. The Kier molecular flexibility index (Phi) is 14.0. The van der Waals surface area contributed by atoms with Crippen molar-refractivity contribution >= 4 is 40.0 Å². The number of nitrogens with zero attached hydrogens (tertiary/aromatic N) is 2. The molecule has 0 unspecified atom stereocenters. The van der Waals surface area contributed by atoms with Crippen LogP contribution in [0.4, 0.5) is 9.59 Å². The van der Waals surface area contributed by atoms with Gasteiger partial charge in [0.15, 0.2) is 0 Å². The molecule has 2 amide bonds. The first kappa shape index (κ1) is 25.3. The van der Waals surface area contributed by atoms with Gasteiger partial charge in [-0.3, -0.25) is 14.4 Å². The van der Waals surface area contributed by atoms with Crippen LogP contribution in [0, 0.1) is 0 Å². The number of esters is 1. The fraction of sp³-hybridized carbons (Fsp3) is 0.786. The van der Waals surface area contributed by atoms with Gasteiger partial charge in [0.05, 0.1) is 21.1 Å². The number of rotatable bonds is 8. The Hall–Kier alpha value is -0.970. The van der Waals surface area contributed by atoms with Crippen LogP contribution in [0.3, 0.4) is 0 Å². The highest BCUT2D eigenvalue weighted by atomic mass is 32.2. The number of primary amides is 2. The van der Waals surface area contributed by atoms with E-state index in [1.54, 1.807) is 0 Å². The third-order valence-electron chi connectivity index (χ3n) is 2.63. The van der Waals surface area contributed by atoms with Crippen LogP contribution in [0.15, 0.2) is 0 Å². The van der Waals surface area contributed by atoms with Crippen LogP contribution in [0.25, 0.3) is 0 Å². The van der Waals surface area contributed by atoms with E-state index in [1.165, 1.54) is 6.92 Å². The number of carbonyl (C=O) groups is 3. The molecule has 0 saturated heterocycles. The molecule has 0 fully saturated rings. The third kappa shape index (κ3) is 21.0. The number of carbonyl (C=O) groups excluding carboxylic acids is 3.